The van der Waals surface area contributed by atoms with Crippen LogP contribution < -0.4 is 0 Å². The highest BCUT2D eigenvalue weighted by Gasteiger charge is 1.99. The van der Waals surface area contributed by atoms with Crippen molar-refractivity contribution in [3.05, 3.63) is 83.4 Å². The normalized spacial score (nSPS) is 11.4. The van der Waals surface area contributed by atoms with Gasteiger partial charge in [0.2, 0.25) is 0 Å². The SMILES string of the molecule is OC(C=C=CSc1ccccc1)c1ccccc1. The third-order valence-corrected chi connectivity index (χ3v) is 3.20. The molecular formula is C16H14OS. The summed E-state index contributed by atoms with van der Waals surface area (Å²) in [6, 6.07) is 19.6. The molecule has 2 heteroatoms. The van der Waals surface area contributed by atoms with Gasteiger partial charge in [-0.25, -0.2) is 0 Å². The van der Waals surface area contributed by atoms with Gasteiger partial charge in [-0.2, -0.15) is 0 Å². The second-order valence-corrected chi connectivity index (χ2v) is 4.68. The molecule has 0 bridgehead atoms. The molecule has 0 saturated heterocycles. The van der Waals surface area contributed by atoms with E-state index in [1.807, 2.05) is 66.1 Å². The summed E-state index contributed by atoms with van der Waals surface area (Å²) in [4.78, 5) is 1.16. The fourth-order valence-corrected chi connectivity index (χ4v) is 2.07. The van der Waals surface area contributed by atoms with Crippen LogP contribution in [0.25, 0.3) is 0 Å². The monoisotopic (exact) mass is 254 g/mol. The van der Waals surface area contributed by atoms with Gasteiger partial charge in [0.05, 0.1) is 0 Å². The number of benzene rings is 2. The average Bonchev–Trinajstić information content (AvgIpc) is 2.45. The van der Waals surface area contributed by atoms with E-state index in [2.05, 4.69) is 5.73 Å². The molecule has 0 radical (unpaired) electrons. The van der Waals surface area contributed by atoms with Crippen LogP contribution in [-0.2, 0) is 0 Å². The van der Waals surface area contributed by atoms with Crippen LogP contribution in [0.4, 0.5) is 0 Å². The van der Waals surface area contributed by atoms with Crippen LogP contribution in [0, 0.1) is 0 Å². The molecule has 2 aromatic carbocycles. The van der Waals surface area contributed by atoms with Gasteiger partial charge in [-0.05, 0) is 23.8 Å². The van der Waals surface area contributed by atoms with E-state index in [4.69, 9.17) is 0 Å². The minimum atomic E-state index is -0.598. The molecule has 0 heterocycles. The fraction of sp³-hybridized carbons (Fsp3) is 0.0625. The Morgan fingerprint density at radius 1 is 0.944 bits per heavy atom. The Hall–Kier alpha value is -1.73. The zero-order valence-electron chi connectivity index (χ0n) is 9.86. The molecule has 0 amide bonds. The van der Waals surface area contributed by atoms with E-state index in [1.54, 1.807) is 17.8 Å². The zero-order valence-corrected chi connectivity index (χ0v) is 10.7. The maximum absolute atomic E-state index is 9.87. The number of hydrogen-bond donors (Lipinski definition) is 1. The first-order chi connectivity index (χ1) is 8.86. The average molecular weight is 254 g/mol. The third kappa shape index (κ3) is 3.94. The van der Waals surface area contributed by atoms with E-state index in [9.17, 15) is 5.11 Å². The molecule has 0 spiro atoms. The Balaban J connectivity index is 1.95. The van der Waals surface area contributed by atoms with Crippen LogP contribution in [0.5, 0.6) is 0 Å². The van der Waals surface area contributed by atoms with E-state index < -0.39 is 6.10 Å². The largest absolute Gasteiger partial charge is 0.384 e. The van der Waals surface area contributed by atoms with Gasteiger partial charge in [0.25, 0.3) is 0 Å². The molecule has 1 N–H and O–H groups in total. The molecule has 1 nitrogen and oxygen atoms in total. The first-order valence-corrected chi connectivity index (χ1v) is 6.60. The van der Waals surface area contributed by atoms with Crippen LogP contribution in [0.1, 0.15) is 11.7 Å². The highest BCUT2D eigenvalue weighted by Crippen LogP contribution is 2.18. The Morgan fingerprint density at radius 2 is 1.56 bits per heavy atom. The lowest BCUT2D eigenvalue weighted by Crippen LogP contribution is -1.90. The van der Waals surface area contributed by atoms with Gasteiger partial charge < -0.3 is 5.11 Å². The molecule has 1 atom stereocenters. The first kappa shape index (κ1) is 12.7. The van der Waals surface area contributed by atoms with E-state index in [-0.39, 0.29) is 0 Å². The Bertz CT molecular complexity index is 528. The first-order valence-electron chi connectivity index (χ1n) is 5.72. The molecular weight excluding hydrogens is 240 g/mol. The molecule has 18 heavy (non-hydrogen) atoms. The predicted molar refractivity (Wildman–Crippen MR) is 76.4 cm³/mol. The van der Waals surface area contributed by atoms with Gasteiger partial charge >= 0.3 is 0 Å². The molecule has 90 valence electrons. The number of aliphatic hydroxyl groups is 1. The quantitative estimate of drug-likeness (QED) is 0.652. The minimum absolute atomic E-state index is 0.598. The lowest BCUT2D eigenvalue weighted by Gasteiger charge is -2.02. The van der Waals surface area contributed by atoms with Crippen molar-refractivity contribution >= 4 is 11.8 Å². The summed E-state index contributed by atoms with van der Waals surface area (Å²) in [6.07, 6.45) is 1.06. The number of rotatable bonds is 4. The number of aliphatic hydroxyl groups excluding tert-OH is 1. The molecule has 0 aliphatic heterocycles. The predicted octanol–water partition coefficient (Wildman–Crippen LogP) is 4.18. The van der Waals surface area contributed by atoms with Crippen molar-refractivity contribution in [3.8, 4) is 0 Å². The summed E-state index contributed by atoms with van der Waals surface area (Å²) < 4.78 is 0. The lowest BCUT2D eigenvalue weighted by atomic mass is 10.1. The van der Waals surface area contributed by atoms with Gasteiger partial charge in [0.1, 0.15) is 6.10 Å². The summed E-state index contributed by atoms with van der Waals surface area (Å²) in [7, 11) is 0. The molecule has 0 aliphatic rings. The zero-order chi connectivity index (χ0) is 12.6. The summed E-state index contributed by atoms with van der Waals surface area (Å²) in [5, 5.41) is 11.7. The molecule has 2 rings (SSSR count). The minimum Gasteiger partial charge on any atom is -0.384 e. The Morgan fingerprint density at radius 3 is 2.22 bits per heavy atom. The van der Waals surface area contributed by atoms with Crippen molar-refractivity contribution in [2.24, 2.45) is 0 Å². The number of hydrogen-bond acceptors (Lipinski definition) is 2. The topological polar surface area (TPSA) is 20.2 Å². The van der Waals surface area contributed by atoms with Crippen molar-refractivity contribution in [1.29, 1.82) is 0 Å². The summed E-state index contributed by atoms with van der Waals surface area (Å²) >= 11 is 1.58. The smallest absolute Gasteiger partial charge is 0.105 e. The molecule has 0 aromatic heterocycles. The summed E-state index contributed by atoms with van der Waals surface area (Å²) in [5.74, 6) is 0. The van der Waals surface area contributed by atoms with Crippen molar-refractivity contribution < 1.29 is 5.11 Å². The molecule has 2 aromatic rings. The molecule has 0 fully saturated rings. The summed E-state index contributed by atoms with van der Waals surface area (Å²) in [6.45, 7) is 0. The lowest BCUT2D eigenvalue weighted by molar-refractivity contribution is 0.229. The van der Waals surface area contributed by atoms with E-state index in [1.165, 1.54) is 0 Å². The van der Waals surface area contributed by atoms with Crippen molar-refractivity contribution in [2.75, 3.05) is 0 Å². The molecule has 0 saturated carbocycles. The van der Waals surface area contributed by atoms with Crippen molar-refractivity contribution in [3.63, 3.8) is 0 Å². The van der Waals surface area contributed by atoms with Gasteiger partial charge in [-0.1, -0.05) is 60.3 Å². The van der Waals surface area contributed by atoms with E-state index in [0.717, 1.165) is 10.5 Å². The Labute approximate surface area is 111 Å². The van der Waals surface area contributed by atoms with Crippen LogP contribution in [0.3, 0.4) is 0 Å². The van der Waals surface area contributed by atoms with Gasteiger partial charge in [-0.3, -0.25) is 0 Å². The highest BCUT2D eigenvalue weighted by atomic mass is 32.2. The van der Waals surface area contributed by atoms with E-state index in [0.29, 0.717) is 0 Å². The summed E-state index contributed by atoms with van der Waals surface area (Å²) in [5.41, 5.74) is 3.87. The third-order valence-electron chi connectivity index (χ3n) is 2.40. The van der Waals surface area contributed by atoms with Crippen LogP contribution >= 0.6 is 11.8 Å². The standard InChI is InChI=1S/C16H14OS/c17-16(14-8-3-1-4-9-14)12-7-13-18-15-10-5-2-6-11-15/h1-6,8-13,16-17H. The number of thioether (sulfide) groups is 1. The Kier molecular flexibility index (Phi) is 4.86. The molecule has 0 aliphatic carbocycles. The second kappa shape index (κ2) is 6.87. The maximum atomic E-state index is 9.87. The second-order valence-electron chi connectivity index (χ2n) is 3.74. The van der Waals surface area contributed by atoms with Gasteiger partial charge in [-0.15, -0.1) is 5.73 Å². The van der Waals surface area contributed by atoms with E-state index >= 15 is 0 Å². The molecule has 1 unspecified atom stereocenters. The van der Waals surface area contributed by atoms with Crippen molar-refractivity contribution in [2.45, 2.75) is 11.0 Å². The highest BCUT2D eigenvalue weighted by molar-refractivity contribution is 8.02. The van der Waals surface area contributed by atoms with Gasteiger partial charge in [0, 0.05) is 10.3 Å². The fourth-order valence-electron chi connectivity index (χ4n) is 1.48. The van der Waals surface area contributed by atoms with Crippen LogP contribution in [-0.4, -0.2) is 5.11 Å². The van der Waals surface area contributed by atoms with Gasteiger partial charge in [0.15, 0.2) is 0 Å². The van der Waals surface area contributed by atoms with Crippen molar-refractivity contribution in [1.82, 2.24) is 0 Å². The van der Waals surface area contributed by atoms with Crippen LogP contribution in [0.2, 0.25) is 0 Å². The van der Waals surface area contributed by atoms with Crippen LogP contribution in [0.15, 0.2) is 82.8 Å². The maximum Gasteiger partial charge on any atom is 0.105 e.